The van der Waals surface area contributed by atoms with Crippen LogP contribution < -0.4 is 15.5 Å². The topological polar surface area (TPSA) is 54.9 Å². The number of alkyl halides is 2. The van der Waals surface area contributed by atoms with Crippen LogP contribution in [0, 0.1) is 0 Å². The molecule has 0 heterocycles. The average molecular weight is 317 g/mol. The Kier molecular flexibility index (Phi) is 7.55. The molecule has 116 valence electrons. The van der Waals surface area contributed by atoms with E-state index in [1.807, 2.05) is 6.92 Å². The number of hydrogen-bond donors (Lipinski definition) is 2. The van der Waals surface area contributed by atoms with Crippen LogP contribution >= 0.6 is 12.2 Å². The largest absolute Gasteiger partial charge is 0.434 e. The van der Waals surface area contributed by atoms with Gasteiger partial charge < -0.3 is 14.8 Å². The molecule has 0 saturated heterocycles. The summed E-state index contributed by atoms with van der Waals surface area (Å²) in [7, 11) is 1.59. The molecule has 0 aromatic heterocycles. The summed E-state index contributed by atoms with van der Waals surface area (Å²) in [5.74, 6) is 0.0460. The van der Waals surface area contributed by atoms with E-state index in [1.54, 1.807) is 25.3 Å². The second-order valence-electron chi connectivity index (χ2n) is 4.12. The monoisotopic (exact) mass is 317 g/mol. The molecule has 0 saturated carbocycles. The van der Waals surface area contributed by atoms with Gasteiger partial charge in [-0.15, -0.1) is 0 Å². The fraction of sp³-hybridized carbons (Fsp3) is 0.385. The van der Waals surface area contributed by atoms with Gasteiger partial charge in [-0.2, -0.15) is 13.9 Å². The van der Waals surface area contributed by atoms with Crippen molar-refractivity contribution in [3.63, 3.8) is 0 Å². The highest BCUT2D eigenvalue weighted by Gasteiger charge is 2.07. The van der Waals surface area contributed by atoms with Crippen molar-refractivity contribution in [2.24, 2.45) is 5.10 Å². The molecule has 0 aliphatic carbocycles. The van der Waals surface area contributed by atoms with Crippen molar-refractivity contribution in [1.82, 2.24) is 10.7 Å². The van der Waals surface area contributed by atoms with Gasteiger partial charge in [0.25, 0.3) is 0 Å². The Morgan fingerprint density at radius 1 is 1.43 bits per heavy atom. The molecule has 1 rings (SSSR count). The smallest absolute Gasteiger partial charge is 0.387 e. The van der Waals surface area contributed by atoms with Gasteiger partial charge in [0.15, 0.2) is 5.11 Å². The molecule has 0 unspecified atom stereocenters. The molecule has 8 heteroatoms. The van der Waals surface area contributed by atoms with Crippen LogP contribution in [0.15, 0.2) is 29.4 Å². The molecule has 1 atom stereocenters. The van der Waals surface area contributed by atoms with E-state index in [0.717, 1.165) is 0 Å². The fourth-order valence-corrected chi connectivity index (χ4v) is 1.75. The first-order valence-corrected chi connectivity index (χ1v) is 6.56. The van der Waals surface area contributed by atoms with E-state index in [9.17, 15) is 8.78 Å². The van der Waals surface area contributed by atoms with E-state index in [0.29, 0.717) is 17.3 Å². The highest BCUT2D eigenvalue weighted by Crippen LogP contribution is 2.18. The minimum atomic E-state index is -2.88. The predicted molar refractivity (Wildman–Crippen MR) is 80.9 cm³/mol. The zero-order chi connectivity index (χ0) is 15.7. The Bertz CT molecular complexity index is 486. The number of rotatable bonds is 7. The first-order valence-electron chi connectivity index (χ1n) is 6.15. The van der Waals surface area contributed by atoms with Gasteiger partial charge in [-0.05, 0) is 31.3 Å². The second-order valence-corrected chi connectivity index (χ2v) is 4.52. The maximum Gasteiger partial charge on any atom is 0.387 e. The molecule has 5 nitrogen and oxygen atoms in total. The van der Waals surface area contributed by atoms with Crippen LogP contribution in [0.3, 0.4) is 0 Å². The maximum atomic E-state index is 12.2. The Hall–Kier alpha value is -1.80. The lowest BCUT2D eigenvalue weighted by atomic mass is 10.2. The van der Waals surface area contributed by atoms with E-state index >= 15 is 0 Å². The fourth-order valence-electron chi connectivity index (χ4n) is 1.50. The van der Waals surface area contributed by atoms with Gasteiger partial charge in [-0.25, -0.2) is 0 Å². The van der Waals surface area contributed by atoms with Crippen LogP contribution in [0.25, 0.3) is 0 Å². The molecule has 0 amide bonds. The van der Waals surface area contributed by atoms with Gasteiger partial charge in [0, 0.05) is 18.7 Å². The van der Waals surface area contributed by atoms with Gasteiger partial charge in [0.1, 0.15) is 5.75 Å². The van der Waals surface area contributed by atoms with Crippen LogP contribution in [-0.4, -0.2) is 37.7 Å². The lowest BCUT2D eigenvalue weighted by Crippen LogP contribution is -2.40. The SMILES string of the molecule is COC[C@@H](C)NC(=S)N/N=C\c1ccccc1OC(F)F. The van der Waals surface area contributed by atoms with Crippen molar-refractivity contribution in [2.45, 2.75) is 19.6 Å². The minimum absolute atomic E-state index is 0.0275. The Labute approximate surface area is 127 Å². The lowest BCUT2D eigenvalue weighted by molar-refractivity contribution is -0.0499. The molecule has 0 fully saturated rings. The van der Waals surface area contributed by atoms with Crippen LogP contribution in [0.5, 0.6) is 5.75 Å². The van der Waals surface area contributed by atoms with Crippen LogP contribution in [0.2, 0.25) is 0 Å². The summed E-state index contributed by atoms with van der Waals surface area (Å²) in [5.41, 5.74) is 3.01. The van der Waals surface area contributed by atoms with Crippen molar-refractivity contribution in [3.8, 4) is 5.75 Å². The molecule has 0 spiro atoms. The van der Waals surface area contributed by atoms with Crippen molar-refractivity contribution >= 4 is 23.5 Å². The molecular formula is C13H17F2N3O2S. The van der Waals surface area contributed by atoms with Gasteiger partial charge in [-0.3, -0.25) is 5.43 Å². The van der Waals surface area contributed by atoms with Crippen LogP contribution in [-0.2, 0) is 4.74 Å². The van der Waals surface area contributed by atoms with E-state index in [1.165, 1.54) is 12.3 Å². The number of hydrogen-bond acceptors (Lipinski definition) is 4. The number of halogens is 2. The van der Waals surface area contributed by atoms with Gasteiger partial charge >= 0.3 is 6.61 Å². The highest BCUT2D eigenvalue weighted by molar-refractivity contribution is 7.80. The van der Waals surface area contributed by atoms with Crippen LogP contribution in [0.4, 0.5) is 8.78 Å². The van der Waals surface area contributed by atoms with E-state index in [2.05, 4.69) is 20.6 Å². The van der Waals surface area contributed by atoms with Gasteiger partial charge in [0.05, 0.1) is 12.8 Å². The molecule has 0 radical (unpaired) electrons. The van der Waals surface area contributed by atoms with E-state index in [4.69, 9.17) is 17.0 Å². The van der Waals surface area contributed by atoms with Gasteiger partial charge in [-0.1, -0.05) is 12.1 Å². The number of nitrogens with one attached hydrogen (secondary N) is 2. The molecular weight excluding hydrogens is 300 g/mol. The minimum Gasteiger partial charge on any atom is -0.434 e. The Balaban J connectivity index is 2.55. The molecule has 2 N–H and O–H groups in total. The predicted octanol–water partition coefficient (Wildman–Crippen LogP) is 2.12. The number of benzene rings is 1. The van der Waals surface area contributed by atoms with Crippen molar-refractivity contribution in [2.75, 3.05) is 13.7 Å². The van der Waals surface area contributed by atoms with Crippen molar-refractivity contribution in [3.05, 3.63) is 29.8 Å². The summed E-state index contributed by atoms with van der Waals surface area (Å²) in [6.45, 7) is -0.492. The third kappa shape index (κ3) is 6.96. The number of para-hydroxylation sites is 1. The van der Waals surface area contributed by atoms with E-state index < -0.39 is 6.61 Å². The summed E-state index contributed by atoms with van der Waals surface area (Å²) in [4.78, 5) is 0. The normalized spacial score (nSPS) is 12.4. The zero-order valence-corrected chi connectivity index (χ0v) is 12.5. The number of methoxy groups -OCH3 is 1. The summed E-state index contributed by atoms with van der Waals surface area (Å²) in [5, 5.41) is 7.13. The quantitative estimate of drug-likeness (QED) is 0.458. The zero-order valence-electron chi connectivity index (χ0n) is 11.7. The first kappa shape index (κ1) is 17.3. The third-order valence-corrected chi connectivity index (χ3v) is 2.51. The number of nitrogens with zero attached hydrogens (tertiary/aromatic N) is 1. The number of ether oxygens (including phenoxy) is 2. The lowest BCUT2D eigenvalue weighted by Gasteiger charge is -2.13. The molecule has 21 heavy (non-hydrogen) atoms. The highest BCUT2D eigenvalue weighted by atomic mass is 32.1. The summed E-state index contributed by atoms with van der Waals surface area (Å²) < 4.78 is 33.8. The summed E-state index contributed by atoms with van der Waals surface area (Å²) >= 11 is 5.02. The second kappa shape index (κ2) is 9.19. The maximum absolute atomic E-state index is 12.2. The first-order chi connectivity index (χ1) is 10.0. The Morgan fingerprint density at radius 2 is 2.14 bits per heavy atom. The summed E-state index contributed by atoms with van der Waals surface area (Å²) in [6.07, 6.45) is 1.35. The number of hydrazone groups is 1. The molecule has 0 aliphatic heterocycles. The molecule has 1 aromatic carbocycles. The standard InChI is InChI=1S/C13H17F2N3O2S/c1-9(8-19-2)17-13(21)18-16-7-10-5-3-4-6-11(10)20-12(14)15/h3-7,9,12H,8H2,1-2H3,(H2,17,18,21)/b16-7-/t9-/m1/s1. The Morgan fingerprint density at radius 3 is 2.81 bits per heavy atom. The van der Waals surface area contributed by atoms with Gasteiger partial charge in [0.2, 0.25) is 0 Å². The van der Waals surface area contributed by atoms with E-state index in [-0.39, 0.29) is 11.8 Å². The molecule has 0 aliphatic rings. The molecule has 0 bridgehead atoms. The van der Waals surface area contributed by atoms with Crippen molar-refractivity contribution in [1.29, 1.82) is 0 Å². The number of thiocarbonyl (C=S) groups is 1. The van der Waals surface area contributed by atoms with Crippen molar-refractivity contribution < 1.29 is 18.3 Å². The summed E-state index contributed by atoms with van der Waals surface area (Å²) in [6, 6.07) is 6.36. The average Bonchev–Trinajstić information content (AvgIpc) is 2.40. The molecule has 1 aromatic rings. The van der Waals surface area contributed by atoms with Crippen LogP contribution in [0.1, 0.15) is 12.5 Å². The third-order valence-electron chi connectivity index (χ3n) is 2.30.